The first-order valence-corrected chi connectivity index (χ1v) is 6.42. The van der Waals surface area contributed by atoms with Gasteiger partial charge in [-0.2, -0.15) is 9.83 Å². The summed E-state index contributed by atoms with van der Waals surface area (Å²) in [7, 11) is 0. The van der Waals surface area contributed by atoms with Crippen molar-refractivity contribution in [3.05, 3.63) is 58.9 Å². The highest BCUT2D eigenvalue weighted by Crippen LogP contribution is 2.20. The second kappa shape index (κ2) is 6.18. The number of nitrogens with one attached hydrogen (secondary N) is 1. The van der Waals surface area contributed by atoms with Crippen molar-refractivity contribution in [3.8, 4) is 6.07 Å². The number of aromatic nitrogens is 1. The Morgan fingerprint density at radius 1 is 1.40 bits per heavy atom. The summed E-state index contributed by atoms with van der Waals surface area (Å²) in [4.78, 5) is 12.0. The number of amides is 1. The minimum Gasteiger partial charge on any atom is -0.321 e. The monoisotopic (exact) mass is 286 g/mol. The molecule has 20 heavy (non-hydrogen) atoms. The Morgan fingerprint density at radius 3 is 2.85 bits per heavy atom. The summed E-state index contributed by atoms with van der Waals surface area (Å²) in [6.07, 6.45) is 1.85. The molecule has 1 aromatic heterocycles. The van der Waals surface area contributed by atoms with Crippen molar-refractivity contribution in [2.45, 2.75) is 13.5 Å². The normalized spacial score (nSPS) is 9.85. The zero-order valence-corrected chi connectivity index (χ0v) is 11.7. The number of nitrogens with zero attached hydrogens (tertiary/aromatic N) is 2. The largest absolute Gasteiger partial charge is 0.321 e. The van der Waals surface area contributed by atoms with Crippen LogP contribution in [0.1, 0.15) is 11.3 Å². The third-order valence-corrected chi connectivity index (χ3v) is 3.17. The Bertz CT molecular complexity index is 692. The lowest BCUT2D eigenvalue weighted by Crippen LogP contribution is -2.42. The molecular formula is C15H13ClN3O+. The van der Waals surface area contributed by atoms with Crippen molar-refractivity contribution >= 4 is 23.2 Å². The number of rotatable bonds is 3. The fraction of sp³-hybridized carbons (Fsp3) is 0.133. The minimum atomic E-state index is -0.148. The number of nitriles is 1. The van der Waals surface area contributed by atoms with Crippen molar-refractivity contribution in [2.24, 2.45) is 0 Å². The van der Waals surface area contributed by atoms with Crippen LogP contribution in [0.25, 0.3) is 0 Å². The summed E-state index contributed by atoms with van der Waals surface area (Å²) in [6, 6.07) is 12.5. The molecule has 4 nitrogen and oxygen atoms in total. The maximum Gasteiger partial charge on any atom is 0.290 e. The van der Waals surface area contributed by atoms with E-state index in [4.69, 9.17) is 16.9 Å². The van der Waals surface area contributed by atoms with Gasteiger partial charge in [0.1, 0.15) is 6.07 Å². The first-order valence-electron chi connectivity index (χ1n) is 6.05. The number of hydrogen-bond acceptors (Lipinski definition) is 2. The second-order valence-corrected chi connectivity index (χ2v) is 4.73. The van der Waals surface area contributed by atoms with Crippen LogP contribution in [-0.2, 0) is 11.3 Å². The van der Waals surface area contributed by atoms with Gasteiger partial charge in [0, 0.05) is 24.7 Å². The van der Waals surface area contributed by atoms with E-state index in [1.165, 1.54) is 0 Å². The number of aryl methyl sites for hydroxylation is 1. The van der Waals surface area contributed by atoms with E-state index in [2.05, 4.69) is 5.32 Å². The molecule has 1 amide bonds. The zero-order valence-electron chi connectivity index (χ0n) is 10.9. The lowest BCUT2D eigenvalue weighted by Gasteiger charge is -2.05. The smallest absolute Gasteiger partial charge is 0.290 e. The Kier molecular flexibility index (Phi) is 4.34. The molecular weight excluding hydrogens is 274 g/mol. The van der Waals surface area contributed by atoms with Crippen LogP contribution in [0.4, 0.5) is 5.69 Å². The molecule has 0 aliphatic rings. The third kappa shape index (κ3) is 3.34. The number of pyridine rings is 1. The Labute approximate surface area is 122 Å². The van der Waals surface area contributed by atoms with Crippen molar-refractivity contribution in [2.75, 3.05) is 5.32 Å². The molecule has 1 aromatic carbocycles. The highest BCUT2D eigenvalue weighted by molar-refractivity contribution is 6.32. The summed E-state index contributed by atoms with van der Waals surface area (Å²) >= 11 is 5.92. The van der Waals surface area contributed by atoms with Crippen molar-refractivity contribution in [1.82, 2.24) is 0 Å². The van der Waals surface area contributed by atoms with Gasteiger partial charge in [0.15, 0.2) is 11.9 Å². The van der Waals surface area contributed by atoms with Gasteiger partial charge >= 0.3 is 0 Å². The fourth-order valence-corrected chi connectivity index (χ4v) is 2.00. The molecule has 0 aliphatic heterocycles. The van der Waals surface area contributed by atoms with Gasteiger partial charge in [0.05, 0.1) is 10.6 Å². The topological polar surface area (TPSA) is 56.8 Å². The predicted octanol–water partition coefficient (Wildman–Crippen LogP) is 2.45. The molecule has 2 rings (SSSR count). The van der Waals surface area contributed by atoms with Crippen LogP contribution in [0.5, 0.6) is 0 Å². The molecule has 0 atom stereocenters. The van der Waals surface area contributed by atoms with E-state index < -0.39 is 0 Å². The summed E-state index contributed by atoms with van der Waals surface area (Å²) in [5, 5.41) is 11.9. The average molecular weight is 287 g/mol. The van der Waals surface area contributed by atoms with Crippen LogP contribution in [0, 0.1) is 18.3 Å². The van der Waals surface area contributed by atoms with Gasteiger partial charge in [-0.1, -0.05) is 17.7 Å². The lowest BCUT2D eigenvalue weighted by molar-refractivity contribution is -0.690. The van der Waals surface area contributed by atoms with E-state index in [0.29, 0.717) is 16.3 Å². The molecule has 0 saturated heterocycles. The number of carbonyl (C=O) groups excluding carboxylic acids is 1. The number of benzene rings is 1. The molecule has 5 heteroatoms. The van der Waals surface area contributed by atoms with E-state index >= 15 is 0 Å². The molecule has 0 aliphatic carbocycles. The molecule has 0 radical (unpaired) electrons. The average Bonchev–Trinajstić information content (AvgIpc) is 2.41. The van der Waals surface area contributed by atoms with Gasteiger partial charge in [-0.15, -0.1) is 0 Å². The predicted molar refractivity (Wildman–Crippen MR) is 76.2 cm³/mol. The van der Waals surface area contributed by atoms with Crippen LogP contribution in [-0.4, -0.2) is 5.91 Å². The number of hydrogen-bond donors (Lipinski definition) is 1. The summed E-state index contributed by atoms with van der Waals surface area (Å²) in [6.45, 7) is 2.16. The Balaban J connectivity index is 2.07. The molecule has 1 heterocycles. The van der Waals surface area contributed by atoms with E-state index in [1.54, 1.807) is 18.2 Å². The Morgan fingerprint density at radius 2 is 2.20 bits per heavy atom. The molecule has 0 spiro atoms. The second-order valence-electron chi connectivity index (χ2n) is 4.32. The molecule has 1 N–H and O–H groups in total. The fourth-order valence-electron chi connectivity index (χ4n) is 1.78. The molecule has 0 bridgehead atoms. The Hall–Kier alpha value is -2.38. The minimum absolute atomic E-state index is 0.148. The van der Waals surface area contributed by atoms with Crippen molar-refractivity contribution < 1.29 is 9.36 Å². The van der Waals surface area contributed by atoms with Crippen LogP contribution >= 0.6 is 11.6 Å². The summed E-state index contributed by atoms with van der Waals surface area (Å²) < 4.78 is 1.85. The van der Waals surface area contributed by atoms with E-state index in [0.717, 1.165) is 5.69 Å². The van der Waals surface area contributed by atoms with Gasteiger partial charge in [-0.25, -0.2) is 0 Å². The third-order valence-electron chi connectivity index (χ3n) is 2.85. The number of anilines is 1. The maximum atomic E-state index is 12.0. The quantitative estimate of drug-likeness (QED) is 0.881. The highest BCUT2D eigenvalue weighted by Gasteiger charge is 2.12. The van der Waals surface area contributed by atoms with Gasteiger partial charge in [0.25, 0.3) is 5.91 Å². The molecule has 0 unspecified atom stereocenters. The van der Waals surface area contributed by atoms with E-state index in [9.17, 15) is 4.79 Å². The molecule has 100 valence electrons. The lowest BCUT2D eigenvalue weighted by atomic mass is 10.2. The molecule has 0 saturated carbocycles. The highest BCUT2D eigenvalue weighted by atomic mass is 35.5. The summed E-state index contributed by atoms with van der Waals surface area (Å²) in [5.41, 5.74) is 1.96. The van der Waals surface area contributed by atoms with E-state index in [1.807, 2.05) is 42.0 Å². The van der Waals surface area contributed by atoms with Gasteiger partial charge in [0.2, 0.25) is 6.54 Å². The van der Waals surface area contributed by atoms with Gasteiger partial charge < -0.3 is 5.32 Å². The van der Waals surface area contributed by atoms with Crippen LogP contribution < -0.4 is 9.88 Å². The number of carbonyl (C=O) groups is 1. The van der Waals surface area contributed by atoms with Gasteiger partial charge in [-0.3, -0.25) is 4.79 Å². The SMILES string of the molecule is Cc1cccc[n+]1CC(=O)Nc1ccc(C#N)c(Cl)c1. The first kappa shape index (κ1) is 14.0. The molecule has 2 aromatic rings. The van der Waals surface area contributed by atoms with Crippen molar-refractivity contribution in [3.63, 3.8) is 0 Å². The zero-order chi connectivity index (χ0) is 14.5. The van der Waals surface area contributed by atoms with E-state index in [-0.39, 0.29) is 12.5 Å². The van der Waals surface area contributed by atoms with Crippen LogP contribution in [0.15, 0.2) is 42.6 Å². The maximum absolute atomic E-state index is 12.0. The summed E-state index contributed by atoms with van der Waals surface area (Å²) in [5.74, 6) is -0.148. The first-order chi connectivity index (χ1) is 9.60. The van der Waals surface area contributed by atoms with Crippen LogP contribution in [0.3, 0.4) is 0 Å². The standard InChI is InChI=1S/C15H12ClN3O/c1-11-4-2-3-7-19(11)10-15(20)18-13-6-5-12(9-17)14(16)8-13/h2-8H,10H2,1H3/p+1. The van der Waals surface area contributed by atoms with Crippen LogP contribution in [0.2, 0.25) is 5.02 Å². The number of halogens is 1. The van der Waals surface area contributed by atoms with Crippen molar-refractivity contribution in [1.29, 1.82) is 5.26 Å². The molecule has 0 fully saturated rings. The van der Waals surface area contributed by atoms with Gasteiger partial charge in [-0.05, 0) is 18.2 Å².